The number of hydrogen-bond donors (Lipinski definition) is 1. The minimum absolute atomic E-state index is 0.229. The normalized spacial score (nSPS) is 17.7. The molecular weight excluding hydrogens is 412 g/mol. The average molecular weight is 439 g/mol. The number of nitrogens with zero attached hydrogens (tertiary/aromatic N) is 7. The van der Waals surface area contributed by atoms with Crippen LogP contribution in [0.5, 0.6) is 0 Å². The van der Waals surface area contributed by atoms with Gasteiger partial charge in [-0.3, -0.25) is 4.90 Å². The van der Waals surface area contributed by atoms with E-state index in [2.05, 4.69) is 31.9 Å². The molecule has 5 heterocycles. The number of anilines is 2. The molecule has 0 radical (unpaired) electrons. The maximum Gasteiger partial charge on any atom is 0.229 e. The van der Waals surface area contributed by atoms with Crippen molar-refractivity contribution in [3.05, 3.63) is 29.4 Å². The zero-order valence-electron chi connectivity index (χ0n) is 17.4. The third-order valence-corrected chi connectivity index (χ3v) is 6.62. The van der Waals surface area contributed by atoms with Crippen molar-refractivity contribution >= 4 is 23.2 Å². The van der Waals surface area contributed by atoms with Crippen molar-refractivity contribution in [3.63, 3.8) is 0 Å². The highest BCUT2D eigenvalue weighted by atomic mass is 32.1. The number of nitrogens with two attached hydrogens (primary N) is 1. The molecule has 0 unspecified atom stereocenters. The summed E-state index contributed by atoms with van der Waals surface area (Å²) in [6.45, 7) is 6.20. The fourth-order valence-corrected chi connectivity index (χ4v) is 4.87. The molecule has 5 rings (SSSR count). The van der Waals surface area contributed by atoms with Crippen LogP contribution >= 0.6 is 11.3 Å². The second-order valence-corrected chi connectivity index (χ2v) is 8.98. The topological polar surface area (TPSA) is 106 Å². The van der Waals surface area contributed by atoms with Crippen LogP contribution in [0.3, 0.4) is 0 Å². The molecule has 162 valence electrons. The number of hydrogen-bond acceptors (Lipinski definition) is 10. The van der Waals surface area contributed by atoms with Crippen LogP contribution in [0.4, 0.5) is 11.9 Å². The van der Waals surface area contributed by atoms with E-state index in [-0.39, 0.29) is 5.95 Å². The van der Waals surface area contributed by atoms with Gasteiger partial charge in [0.2, 0.25) is 11.9 Å². The summed E-state index contributed by atoms with van der Waals surface area (Å²) in [7, 11) is 0. The van der Waals surface area contributed by atoms with Crippen LogP contribution in [0.2, 0.25) is 0 Å². The third kappa shape index (κ3) is 4.81. The van der Waals surface area contributed by atoms with E-state index < -0.39 is 0 Å². The minimum Gasteiger partial charge on any atom is -0.378 e. The highest BCUT2D eigenvalue weighted by Gasteiger charge is 2.19. The fourth-order valence-electron chi connectivity index (χ4n) is 3.88. The van der Waals surface area contributed by atoms with Gasteiger partial charge in [-0.2, -0.15) is 9.97 Å². The molecule has 9 nitrogen and oxygen atoms in total. The molecule has 2 aliphatic heterocycles. The fraction of sp³-hybridized carbons (Fsp3) is 0.476. The lowest BCUT2D eigenvalue weighted by Crippen LogP contribution is -2.37. The van der Waals surface area contributed by atoms with Crippen LogP contribution in [-0.4, -0.2) is 69.2 Å². The van der Waals surface area contributed by atoms with Gasteiger partial charge in [-0.25, -0.2) is 15.0 Å². The van der Waals surface area contributed by atoms with E-state index in [1.54, 1.807) is 23.7 Å². The van der Waals surface area contributed by atoms with E-state index in [9.17, 15) is 0 Å². The van der Waals surface area contributed by atoms with Gasteiger partial charge in [0, 0.05) is 36.9 Å². The zero-order chi connectivity index (χ0) is 21.0. The standard InChI is InChI=1S/C21H26N8OS/c22-20-23-12-15(13-24-20)18-25-19(27-21(26-18)29-8-10-30-11-9-29)17-5-4-16(31-17)14-28-6-2-1-3-7-28/h4-5,12-13H,1-3,6-11,14H2,(H2,22,23,24). The Morgan fingerprint density at radius 2 is 1.65 bits per heavy atom. The first-order valence-corrected chi connectivity index (χ1v) is 11.5. The number of ether oxygens (including phenoxy) is 1. The second kappa shape index (κ2) is 9.21. The van der Waals surface area contributed by atoms with Gasteiger partial charge in [0.05, 0.1) is 23.7 Å². The van der Waals surface area contributed by atoms with Gasteiger partial charge in [-0.1, -0.05) is 6.42 Å². The van der Waals surface area contributed by atoms with Gasteiger partial charge in [0.25, 0.3) is 0 Å². The second-order valence-electron chi connectivity index (χ2n) is 7.81. The summed E-state index contributed by atoms with van der Waals surface area (Å²) in [6, 6.07) is 4.31. The summed E-state index contributed by atoms with van der Waals surface area (Å²) in [5.74, 6) is 2.12. The maximum atomic E-state index is 5.65. The van der Waals surface area contributed by atoms with Crippen molar-refractivity contribution in [2.45, 2.75) is 25.8 Å². The molecule has 2 aliphatic rings. The number of nitrogen functional groups attached to an aromatic ring is 1. The van der Waals surface area contributed by atoms with Crippen LogP contribution in [-0.2, 0) is 11.3 Å². The Labute approximate surface area is 185 Å². The van der Waals surface area contributed by atoms with Gasteiger partial charge in [0.1, 0.15) is 0 Å². The summed E-state index contributed by atoms with van der Waals surface area (Å²) in [5, 5.41) is 0. The average Bonchev–Trinajstić information content (AvgIpc) is 3.29. The lowest BCUT2D eigenvalue weighted by molar-refractivity contribution is 0.122. The van der Waals surface area contributed by atoms with Crippen molar-refractivity contribution in [1.82, 2.24) is 29.8 Å². The minimum atomic E-state index is 0.229. The highest BCUT2D eigenvalue weighted by Crippen LogP contribution is 2.30. The Bertz CT molecular complexity index is 1010. The van der Waals surface area contributed by atoms with Gasteiger partial charge in [-0.05, 0) is 38.1 Å². The first-order valence-electron chi connectivity index (χ1n) is 10.7. The molecule has 2 fully saturated rings. The first-order chi connectivity index (χ1) is 15.2. The Morgan fingerprint density at radius 1 is 0.903 bits per heavy atom. The van der Waals surface area contributed by atoms with E-state index in [4.69, 9.17) is 25.4 Å². The van der Waals surface area contributed by atoms with E-state index in [0.717, 1.165) is 30.1 Å². The molecule has 0 bridgehead atoms. The maximum absolute atomic E-state index is 5.65. The van der Waals surface area contributed by atoms with Crippen molar-refractivity contribution in [2.75, 3.05) is 50.0 Å². The lowest BCUT2D eigenvalue weighted by atomic mass is 10.1. The van der Waals surface area contributed by atoms with Crippen LogP contribution in [0.15, 0.2) is 24.5 Å². The van der Waals surface area contributed by atoms with Crippen LogP contribution < -0.4 is 10.6 Å². The lowest BCUT2D eigenvalue weighted by Gasteiger charge is -2.27. The van der Waals surface area contributed by atoms with Crippen molar-refractivity contribution in [3.8, 4) is 22.1 Å². The van der Waals surface area contributed by atoms with Gasteiger partial charge >= 0.3 is 0 Å². The molecule has 0 spiro atoms. The highest BCUT2D eigenvalue weighted by molar-refractivity contribution is 7.15. The molecule has 0 amide bonds. The first kappa shape index (κ1) is 20.2. The third-order valence-electron chi connectivity index (χ3n) is 5.56. The summed E-state index contributed by atoms with van der Waals surface area (Å²) in [4.78, 5) is 29.5. The van der Waals surface area contributed by atoms with Crippen LogP contribution in [0.25, 0.3) is 22.1 Å². The predicted octanol–water partition coefficient (Wildman–Crippen LogP) is 2.46. The Balaban J connectivity index is 1.46. The molecule has 2 saturated heterocycles. The SMILES string of the molecule is Nc1ncc(-c2nc(-c3ccc(CN4CCCCC4)s3)nc(N3CCOCC3)n2)cn1. The molecule has 2 N–H and O–H groups in total. The Hall–Kier alpha value is -2.69. The molecule has 0 aliphatic carbocycles. The van der Waals surface area contributed by atoms with E-state index >= 15 is 0 Å². The quantitative estimate of drug-likeness (QED) is 0.643. The molecule has 31 heavy (non-hydrogen) atoms. The smallest absolute Gasteiger partial charge is 0.229 e. The van der Waals surface area contributed by atoms with Crippen LogP contribution in [0, 0.1) is 0 Å². The van der Waals surface area contributed by atoms with Gasteiger partial charge in [0.15, 0.2) is 11.6 Å². The van der Waals surface area contributed by atoms with E-state index in [1.807, 2.05) is 0 Å². The van der Waals surface area contributed by atoms with E-state index in [0.29, 0.717) is 30.8 Å². The number of morpholine rings is 1. The summed E-state index contributed by atoms with van der Waals surface area (Å²) in [5.41, 5.74) is 6.37. The monoisotopic (exact) mass is 438 g/mol. The zero-order valence-corrected chi connectivity index (χ0v) is 18.2. The van der Waals surface area contributed by atoms with Crippen molar-refractivity contribution < 1.29 is 4.74 Å². The van der Waals surface area contributed by atoms with Gasteiger partial charge < -0.3 is 15.4 Å². The molecule has 3 aromatic rings. The molecule has 0 saturated carbocycles. The largest absolute Gasteiger partial charge is 0.378 e. The van der Waals surface area contributed by atoms with E-state index in [1.165, 1.54) is 37.2 Å². The Morgan fingerprint density at radius 3 is 2.42 bits per heavy atom. The molecule has 3 aromatic heterocycles. The molecule has 0 aromatic carbocycles. The summed E-state index contributed by atoms with van der Waals surface area (Å²) in [6.07, 6.45) is 7.24. The number of thiophene rings is 1. The summed E-state index contributed by atoms with van der Waals surface area (Å²) >= 11 is 1.75. The predicted molar refractivity (Wildman–Crippen MR) is 121 cm³/mol. The summed E-state index contributed by atoms with van der Waals surface area (Å²) < 4.78 is 5.49. The van der Waals surface area contributed by atoms with Gasteiger partial charge in [-0.15, -0.1) is 11.3 Å². The molecule has 0 atom stereocenters. The van der Waals surface area contributed by atoms with Crippen molar-refractivity contribution in [1.29, 1.82) is 0 Å². The molecular formula is C21H26N8OS. The number of aromatic nitrogens is 5. The molecule has 10 heteroatoms. The number of likely N-dealkylation sites (tertiary alicyclic amines) is 1. The van der Waals surface area contributed by atoms with Crippen LogP contribution in [0.1, 0.15) is 24.1 Å². The number of piperidine rings is 1. The number of rotatable bonds is 5. The van der Waals surface area contributed by atoms with Crippen molar-refractivity contribution in [2.24, 2.45) is 0 Å². The Kier molecular flexibility index (Phi) is 6.01.